The number of nitrogens with zero attached hydrogens (tertiary/aromatic N) is 4. The summed E-state index contributed by atoms with van der Waals surface area (Å²) in [5.74, 6) is -1.21. The Balaban J connectivity index is 1.49. The largest absolute Gasteiger partial charge is 0.527 e. The topological polar surface area (TPSA) is 163 Å². The van der Waals surface area contributed by atoms with Gasteiger partial charge in [0.1, 0.15) is 17.6 Å². The normalized spacial score (nSPS) is 16.7. The fraction of sp³-hybridized carbons (Fsp3) is 0.517. The smallest absolute Gasteiger partial charge is 0.481 e. The third-order valence-corrected chi connectivity index (χ3v) is 7.21. The van der Waals surface area contributed by atoms with E-state index in [1.807, 2.05) is 30.3 Å². The summed E-state index contributed by atoms with van der Waals surface area (Å²) in [5.41, 5.74) is 0.809. The number of nitrogens with one attached hydrogen (secondary N) is 2. The van der Waals surface area contributed by atoms with Crippen molar-refractivity contribution >= 4 is 29.8 Å². The van der Waals surface area contributed by atoms with Crippen LogP contribution in [0.25, 0.3) is 11.4 Å². The molecule has 0 bridgehead atoms. The second-order valence-electron chi connectivity index (χ2n) is 10.3. The number of benzene rings is 1. The van der Waals surface area contributed by atoms with E-state index in [-0.39, 0.29) is 57.4 Å². The van der Waals surface area contributed by atoms with Gasteiger partial charge >= 0.3 is 12.1 Å². The van der Waals surface area contributed by atoms with Crippen molar-refractivity contribution in [2.45, 2.75) is 64.0 Å². The molecule has 2 heterocycles. The summed E-state index contributed by atoms with van der Waals surface area (Å²) in [6, 6.07) is 10.0. The molecule has 2 fully saturated rings. The van der Waals surface area contributed by atoms with E-state index in [0.717, 1.165) is 31.2 Å². The van der Waals surface area contributed by atoms with Gasteiger partial charge in [0, 0.05) is 37.2 Å². The molecular formula is C29H38N6O7. The van der Waals surface area contributed by atoms with Crippen molar-refractivity contribution in [2.75, 3.05) is 38.1 Å². The summed E-state index contributed by atoms with van der Waals surface area (Å²) in [5, 5.41) is 16.9. The van der Waals surface area contributed by atoms with E-state index in [0.29, 0.717) is 11.6 Å². The monoisotopic (exact) mass is 582 g/mol. The summed E-state index contributed by atoms with van der Waals surface area (Å²) >= 11 is 0. The van der Waals surface area contributed by atoms with Gasteiger partial charge in [-0.3, -0.25) is 14.4 Å². The van der Waals surface area contributed by atoms with E-state index < -0.39 is 30.0 Å². The van der Waals surface area contributed by atoms with Crippen LogP contribution in [0.4, 0.5) is 10.6 Å². The molecule has 3 N–H and O–H groups in total. The Hall–Kier alpha value is -4.26. The van der Waals surface area contributed by atoms with Crippen LogP contribution in [0.3, 0.4) is 0 Å². The number of carbonyl (C=O) groups excluding carboxylic acids is 3. The number of aliphatic carboxylic acids is 1. The first kappa shape index (κ1) is 30.7. The van der Waals surface area contributed by atoms with Gasteiger partial charge in [-0.05, 0) is 26.2 Å². The van der Waals surface area contributed by atoms with Gasteiger partial charge in [-0.15, -0.1) is 5.06 Å². The van der Waals surface area contributed by atoms with E-state index in [4.69, 9.17) is 9.57 Å². The quantitative estimate of drug-likeness (QED) is 0.334. The lowest BCUT2D eigenvalue weighted by atomic mass is 9.95. The van der Waals surface area contributed by atoms with Gasteiger partial charge in [0.15, 0.2) is 5.82 Å². The first-order valence-electron chi connectivity index (χ1n) is 14.4. The lowest BCUT2D eigenvalue weighted by Crippen LogP contribution is -2.55. The molecule has 42 heavy (non-hydrogen) atoms. The molecular weight excluding hydrogens is 544 g/mol. The molecule has 1 saturated heterocycles. The minimum Gasteiger partial charge on any atom is -0.481 e. The highest BCUT2D eigenvalue weighted by molar-refractivity contribution is 5.97. The molecule has 1 atom stereocenters. The molecule has 1 saturated carbocycles. The molecule has 0 spiro atoms. The number of hydroxylamine groups is 2. The SMILES string of the molecule is CCOC(=O)ON1CCN(C(=O)[C@H](CCC(=O)O)NC(=O)c2cc(NC3CCCCC3)nc(-c3ccccc3)n2)CC1. The van der Waals surface area contributed by atoms with Crippen LogP contribution >= 0.6 is 0 Å². The third kappa shape index (κ3) is 8.87. The van der Waals surface area contributed by atoms with Gasteiger partial charge in [-0.1, -0.05) is 49.6 Å². The highest BCUT2D eigenvalue weighted by atomic mass is 16.8. The molecule has 1 aromatic carbocycles. The van der Waals surface area contributed by atoms with Crippen LogP contribution in [0, 0.1) is 0 Å². The van der Waals surface area contributed by atoms with Crippen LogP contribution < -0.4 is 10.6 Å². The highest BCUT2D eigenvalue weighted by Gasteiger charge is 2.31. The Kier molecular flexibility index (Phi) is 11.0. The van der Waals surface area contributed by atoms with Crippen molar-refractivity contribution in [3.8, 4) is 11.4 Å². The van der Waals surface area contributed by atoms with Gasteiger partial charge in [0.2, 0.25) is 5.91 Å². The Labute approximate surface area is 244 Å². The summed E-state index contributed by atoms with van der Waals surface area (Å²) in [4.78, 5) is 65.7. The maximum atomic E-state index is 13.5. The Bertz CT molecular complexity index is 1230. The molecule has 1 aliphatic heterocycles. The van der Waals surface area contributed by atoms with Crippen LogP contribution in [-0.2, 0) is 19.2 Å². The lowest BCUT2D eigenvalue weighted by Gasteiger charge is -2.35. The van der Waals surface area contributed by atoms with Crippen LogP contribution in [0.5, 0.6) is 0 Å². The molecule has 2 aliphatic rings. The maximum Gasteiger partial charge on any atom is 0.527 e. The molecule has 2 amide bonds. The number of anilines is 1. The molecule has 1 aliphatic carbocycles. The molecule has 4 rings (SSSR count). The molecule has 226 valence electrons. The number of amides is 2. The predicted octanol–water partition coefficient (Wildman–Crippen LogP) is 3.08. The van der Waals surface area contributed by atoms with Gasteiger partial charge in [-0.2, -0.15) is 0 Å². The Morgan fingerprint density at radius 1 is 1.02 bits per heavy atom. The fourth-order valence-electron chi connectivity index (χ4n) is 5.04. The van der Waals surface area contributed by atoms with Gasteiger partial charge in [0.05, 0.1) is 19.7 Å². The maximum absolute atomic E-state index is 13.5. The zero-order valence-corrected chi connectivity index (χ0v) is 23.8. The van der Waals surface area contributed by atoms with Crippen LogP contribution in [0.2, 0.25) is 0 Å². The zero-order chi connectivity index (χ0) is 29.9. The number of aromatic nitrogens is 2. The minimum atomic E-state index is -1.09. The Morgan fingerprint density at radius 2 is 1.74 bits per heavy atom. The van der Waals surface area contributed by atoms with Crippen LogP contribution in [-0.4, -0.2) is 93.8 Å². The van der Waals surface area contributed by atoms with Crippen molar-refractivity contribution in [1.29, 1.82) is 0 Å². The molecule has 0 unspecified atom stereocenters. The van der Waals surface area contributed by atoms with E-state index >= 15 is 0 Å². The zero-order valence-electron chi connectivity index (χ0n) is 23.8. The van der Waals surface area contributed by atoms with Crippen LogP contribution in [0.15, 0.2) is 36.4 Å². The van der Waals surface area contributed by atoms with Gasteiger partial charge in [0.25, 0.3) is 5.91 Å². The summed E-state index contributed by atoms with van der Waals surface area (Å²) < 4.78 is 4.78. The number of carboxylic acids is 1. The van der Waals surface area contributed by atoms with Crippen LogP contribution in [0.1, 0.15) is 62.4 Å². The number of hydrogen-bond acceptors (Lipinski definition) is 10. The van der Waals surface area contributed by atoms with Gasteiger partial charge in [-0.25, -0.2) is 14.8 Å². The third-order valence-electron chi connectivity index (χ3n) is 7.21. The predicted molar refractivity (Wildman–Crippen MR) is 152 cm³/mol. The fourth-order valence-corrected chi connectivity index (χ4v) is 5.04. The van der Waals surface area contributed by atoms with E-state index in [1.165, 1.54) is 16.4 Å². The van der Waals surface area contributed by atoms with Crippen molar-refractivity contribution in [3.63, 3.8) is 0 Å². The van der Waals surface area contributed by atoms with E-state index in [9.17, 15) is 24.3 Å². The second kappa shape index (κ2) is 15.1. The minimum absolute atomic E-state index is 0.0722. The average molecular weight is 583 g/mol. The van der Waals surface area contributed by atoms with Crippen molar-refractivity contribution in [1.82, 2.24) is 25.2 Å². The second-order valence-corrected chi connectivity index (χ2v) is 10.3. The number of carboxylic acid groups (broad SMARTS) is 1. The average Bonchev–Trinajstić information content (AvgIpc) is 3.00. The summed E-state index contributed by atoms with van der Waals surface area (Å²) in [6.45, 7) is 2.78. The molecule has 13 nitrogen and oxygen atoms in total. The van der Waals surface area contributed by atoms with E-state index in [1.54, 1.807) is 13.0 Å². The molecule has 13 heteroatoms. The Morgan fingerprint density at radius 3 is 2.40 bits per heavy atom. The summed E-state index contributed by atoms with van der Waals surface area (Å²) in [7, 11) is 0. The number of rotatable bonds is 11. The first-order valence-corrected chi connectivity index (χ1v) is 14.4. The lowest BCUT2D eigenvalue weighted by molar-refractivity contribution is -0.157. The number of ether oxygens (including phenoxy) is 1. The first-order chi connectivity index (χ1) is 20.3. The van der Waals surface area contributed by atoms with Crippen molar-refractivity contribution in [2.24, 2.45) is 0 Å². The number of carbonyl (C=O) groups is 4. The molecule has 1 aromatic heterocycles. The summed E-state index contributed by atoms with van der Waals surface area (Å²) in [6.07, 6.45) is 4.24. The van der Waals surface area contributed by atoms with Crippen molar-refractivity contribution in [3.05, 3.63) is 42.1 Å². The molecule has 0 radical (unpaired) electrons. The highest BCUT2D eigenvalue weighted by Crippen LogP contribution is 2.23. The standard InChI is InChI=1S/C29H38N6O7/c1-2-41-29(40)42-35-17-15-34(16-18-35)28(39)22(13-14-25(36)37)32-27(38)23-19-24(30-21-11-7-4-8-12-21)33-26(31-23)20-9-5-3-6-10-20/h3,5-6,9-10,19,21-22H,2,4,7-8,11-18H2,1H3,(H,32,38)(H,36,37)(H,30,31,33)/t22-/m0/s1. The van der Waals surface area contributed by atoms with Crippen molar-refractivity contribution < 1.29 is 33.9 Å². The van der Waals surface area contributed by atoms with Gasteiger partial charge < -0.3 is 30.2 Å². The van der Waals surface area contributed by atoms with E-state index in [2.05, 4.69) is 20.6 Å². The molecule has 2 aromatic rings. The number of piperazine rings is 1. The number of hydrogen-bond donors (Lipinski definition) is 3.